The summed E-state index contributed by atoms with van der Waals surface area (Å²) in [6.07, 6.45) is 1.63. The Hall–Kier alpha value is -2.54. The molecule has 7 heteroatoms. The Bertz CT molecular complexity index is 742. The van der Waals surface area contributed by atoms with Gasteiger partial charge in [0.05, 0.1) is 24.5 Å². The second-order valence-electron chi connectivity index (χ2n) is 5.33. The van der Waals surface area contributed by atoms with Gasteiger partial charge in [0.25, 0.3) is 0 Å². The summed E-state index contributed by atoms with van der Waals surface area (Å²) in [4.78, 5) is 24.7. The number of amides is 1. The number of ether oxygens (including phenoxy) is 2. The van der Waals surface area contributed by atoms with Gasteiger partial charge in [0.1, 0.15) is 0 Å². The van der Waals surface area contributed by atoms with Crippen LogP contribution in [0, 0.1) is 0 Å². The van der Waals surface area contributed by atoms with E-state index in [9.17, 15) is 14.7 Å². The van der Waals surface area contributed by atoms with Gasteiger partial charge >= 0.3 is 5.97 Å². The molecule has 126 valence electrons. The van der Waals surface area contributed by atoms with Crippen molar-refractivity contribution in [2.24, 2.45) is 0 Å². The second-order valence-corrected chi connectivity index (χ2v) is 6.36. The van der Waals surface area contributed by atoms with Crippen LogP contribution in [0.3, 0.4) is 0 Å². The lowest BCUT2D eigenvalue weighted by molar-refractivity contribution is -0.116. The van der Waals surface area contributed by atoms with E-state index in [0.717, 1.165) is 11.3 Å². The summed E-state index contributed by atoms with van der Waals surface area (Å²) in [5.74, 6) is -0.521. The van der Waals surface area contributed by atoms with E-state index in [0.29, 0.717) is 31.1 Å². The van der Waals surface area contributed by atoms with E-state index in [1.807, 2.05) is 17.5 Å². The van der Waals surface area contributed by atoms with Crippen LogP contribution in [0.5, 0.6) is 11.5 Å². The number of anilines is 1. The third-order valence-electron chi connectivity index (χ3n) is 3.57. The predicted octanol–water partition coefficient (Wildman–Crippen LogP) is 3.18. The third-order valence-corrected chi connectivity index (χ3v) is 4.51. The molecule has 0 bridgehead atoms. The minimum absolute atomic E-state index is 0.0104. The van der Waals surface area contributed by atoms with E-state index in [-0.39, 0.29) is 23.6 Å². The topological polar surface area (TPSA) is 84.9 Å². The van der Waals surface area contributed by atoms with Crippen LogP contribution < -0.4 is 14.8 Å². The zero-order valence-corrected chi connectivity index (χ0v) is 13.7. The van der Waals surface area contributed by atoms with Crippen LogP contribution in [0.4, 0.5) is 5.69 Å². The van der Waals surface area contributed by atoms with Gasteiger partial charge in [-0.3, -0.25) is 4.79 Å². The number of carbonyl (C=O) groups excluding carboxylic acids is 1. The van der Waals surface area contributed by atoms with Gasteiger partial charge in [0.2, 0.25) is 5.91 Å². The van der Waals surface area contributed by atoms with Gasteiger partial charge in [-0.15, -0.1) is 11.3 Å². The van der Waals surface area contributed by atoms with Gasteiger partial charge in [0, 0.05) is 29.9 Å². The number of nitrogens with one attached hydrogen (secondary N) is 1. The summed E-state index contributed by atoms with van der Waals surface area (Å²) in [5.41, 5.74) is 0.214. The molecule has 2 N–H and O–H groups in total. The van der Waals surface area contributed by atoms with Crippen molar-refractivity contribution in [2.75, 3.05) is 18.5 Å². The molecule has 2 heterocycles. The molecule has 0 radical (unpaired) electrons. The first kappa shape index (κ1) is 16.3. The molecule has 0 saturated heterocycles. The number of thiophene rings is 1. The van der Waals surface area contributed by atoms with E-state index in [2.05, 4.69) is 5.32 Å². The Kier molecular flexibility index (Phi) is 5.00. The van der Waals surface area contributed by atoms with Crippen LogP contribution in [0.1, 0.15) is 28.1 Å². The monoisotopic (exact) mass is 347 g/mol. The Morgan fingerprint density at radius 1 is 1.21 bits per heavy atom. The zero-order valence-electron chi connectivity index (χ0n) is 12.9. The summed E-state index contributed by atoms with van der Waals surface area (Å²) in [6.45, 7) is 0.962. The Labute approximate surface area is 143 Å². The highest BCUT2D eigenvalue weighted by atomic mass is 32.1. The fourth-order valence-electron chi connectivity index (χ4n) is 2.39. The average Bonchev–Trinajstić information content (AvgIpc) is 2.97. The number of carboxylic acids is 1. The smallest absolute Gasteiger partial charge is 0.337 e. The first-order valence-corrected chi connectivity index (χ1v) is 8.50. The van der Waals surface area contributed by atoms with Gasteiger partial charge in [-0.05, 0) is 17.9 Å². The number of aryl methyl sites for hydroxylation is 1. The van der Waals surface area contributed by atoms with Gasteiger partial charge in [0.15, 0.2) is 11.5 Å². The highest BCUT2D eigenvalue weighted by Gasteiger charge is 2.20. The van der Waals surface area contributed by atoms with Crippen molar-refractivity contribution in [3.05, 3.63) is 40.1 Å². The van der Waals surface area contributed by atoms with Gasteiger partial charge in [-0.25, -0.2) is 4.79 Å². The number of rotatable bonds is 5. The molecule has 24 heavy (non-hydrogen) atoms. The molecule has 3 rings (SSSR count). The highest BCUT2D eigenvalue weighted by molar-refractivity contribution is 7.09. The predicted molar refractivity (Wildman–Crippen MR) is 90.3 cm³/mol. The standard InChI is InChI=1S/C17H17NO5S/c19-16(5-4-11-3-1-8-24-11)18-13-10-15-14(9-12(13)17(20)21)22-6-2-7-23-15/h1,3,8-10H,2,4-7H2,(H,18,19)(H,20,21). The van der Waals surface area contributed by atoms with Crippen molar-refractivity contribution in [3.63, 3.8) is 0 Å². The summed E-state index contributed by atoms with van der Waals surface area (Å²) >= 11 is 1.59. The maximum Gasteiger partial charge on any atom is 0.337 e. The lowest BCUT2D eigenvalue weighted by Gasteiger charge is -2.13. The highest BCUT2D eigenvalue weighted by Crippen LogP contribution is 2.35. The summed E-state index contributed by atoms with van der Waals surface area (Å²) in [7, 11) is 0. The molecule has 0 fully saturated rings. The summed E-state index contributed by atoms with van der Waals surface area (Å²) in [6, 6.07) is 6.82. The maximum atomic E-state index is 12.1. The van der Waals surface area contributed by atoms with Crippen molar-refractivity contribution in [1.29, 1.82) is 0 Å². The fraction of sp³-hybridized carbons (Fsp3) is 0.294. The largest absolute Gasteiger partial charge is 0.490 e. The molecule has 0 aliphatic carbocycles. The fourth-order valence-corrected chi connectivity index (χ4v) is 3.10. The number of hydrogen-bond acceptors (Lipinski definition) is 5. The first-order valence-electron chi connectivity index (χ1n) is 7.62. The molecule has 1 aliphatic heterocycles. The summed E-state index contributed by atoms with van der Waals surface area (Å²) < 4.78 is 11.1. The molecule has 6 nitrogen and oxygen atoms in total. The average molecular weight is 347 g/mol. The van der Waals surface area contributed by atoms with Gasteiger partial charge < -0.3 is 19.9 Å². The molecular formula is C17H17NO5S. The normalized spacial score (nSPS) is 13.2. The van der Waals surface area contributed by atoms with Gasteiger partial charge in [-0.2, -0.15) is 0 Å². The molecule has 1 aromatic heterocycles. The molecule has 0 saturated carbocycles. The van der Waals surface area contributed by atoms with Crippen LogP contribution >= 0.6 is 11.3 Å². The number of carbonyl (C=O) groups is 2. The lowest BCUT2D eigenvalue weighted by atomic mass is 10.1. The van der Waals surface area contributed by atoms with Crippen LogP contribution in [-0.4, -0.2) is 30.2 Å². The van der Waals surface area contributed by atoms with Crippen LogP contribution in [0.25, 0.3) is 0 Å². The quantitative estimate of drug-likeness (QED) is 0.868. The maximum absolute atomic E-state index is 12.1. The summed E-state index contributed by atoms with van der Waals surface area (Å²) in [5, 5.41) is 14.0. The molecule has 1 aromatic carbocycles. The molecule has 0 spiro atoms. The van der Waals surface area contributed by atoms with E-state index >= 15 is 0 Å². The van der Waals surface area contributed by atoms with Crippen LogP contribution in [0.2, 0.25) is 0 Å². The van der Waals surface area contributed by atoms with E-state index < -0.39 is 5.97 Å². The third kappa shape index (κ3) is 3.86. The Balaban J connectivity index is 1.76. The number of benzene rings is 1. The molecule has 1 amide bonds. The van der Waals surface area contributed by atoms with Crippen molar-refractivity contribution >= 4 is 28.9 Å². The van der Waals surface area contributed by atoms with E-state index in [1.165, 1.54) is 12.1 Å². The van der Waals surface area contributed by atoms with E-state index in [4.69, 9.17) is 9.47 Å². The Morgan fingerprint density at radius 3 is 2.62 bits per heavy atom. The second kappa shape index (κ2) is 7.35. The van der Waals surface area contributed by atoms with Crippen molar-refractivity contribution in [1.82, 2.24) is 0 Å². The lowest BCUT2D eigenvalue weighted by Crippen LogP contribution is -2.15. The first-order chi connectivity index (χ1) is 11.6. The van der Waals surface area contributed by atoms with Crippen molar-refractivity contribution in [3.8, 4) is 11.5 Å². The zero-order chi connectivity index (χ0) is 16.9. The Morgan fingerprint density at radius 2 is 1.96 bits per heavy atom. The van der Waals surface area contributed by atoms with Crippen molar-refractivity contribution < 1.29 is 24.2 Å². The number of fused-ring (bicyclic) bond motifs is 1. The minimum atomic E-state index is -1.13. The number of hydrogen-bond donors (Lipinski definition) is 2. The van der Waals surface area contributed by atoms with E-state index in [1.54, 1.807) is 11.3 Å². The van der Waals surface area contributed by atoms with Crippen LogP contribution in [0.15, 0.2) is 29.6 Å². The number of aromatic carboxylic acids is 1. The molecule has 0 unspecified atom stereocenters. The van der Waals surface area contributed by atoms with Gasteiger partial charge in [-0.1, -0.05) is 6.07 Å². The number of carboxylic acid groups (broad SMARTS) is 1. The molecule has 0 atom stereocenters. The molecule has 2 aromatic rings. The molecule has 1 aliphatic rings. The molecular weight excluding hydrogens is 330 g/mol. The van der Waals surface area contributed by atoms with Crippen LogP contribution in [-0.2, 0) is 11.2 Å². The SMILES string of the molecule is O=C(CCc1cccs1)Nc1cc2c(cc1C(=O)O)OCCCO2. The van der Waals surface area contributed by atoms with Crippen molar-refractivity contribution in [2.45, 2.75) is 19.3 Å². The minimum Gasteiger partial charge on any atom is -0.490 e.